The topological polar surface area (TPSA) is 91.1 Å². The first-order valence-electron chi connectivity index (χ1n) is 11.5. The highest BCUT2D eigenvalue weighted by atomic mass is 19.1. The molecule has 1 aromatic heterocycles. The summed E-state index contributed by atoms with van der Waals surface area (Å²) in [6.07, 6.45) is 0. The van der Waals surface area contributed by atoms with Crippen LogP contribution in [0.4, 0.5) is 10.1 Å². The molecule has 3 aromatic carbocycles. The first kappa shape index (κ1) is 22.2. The first-order valence-corrected chi connectivity index (χ1v) is 11.5. The number of fused-ring (bicyclic) bond motifs is 5. The van der Waals surface area contributed by atoms with Gasteiger partial charge in [0.1, 0.15) is 11.4 Å². The van der Waals surface area contributed by atoms with E-state index >= 15 is 0 Å². The lowest BCUT2D eigenvalue weighted by Crippen LogP contribution is -2.54. The van der Waals surface area contributed by atoms with E-state index in [4.69, 9.17) is 4.42 Å². The third-order valence-corrected chi connectivity index (χ3v) is 6.97. The molecule has 4 aromatic rings. The molecule has 0 aliphatic carbocycles. The minimum absolute atomic E-state index is 0.0434. The predicted octanol–water partition coefficient (Wildman–Crippen LogP) is 3.48. The molecule has 0 bridgehead atoms. The van der Waals surface area contributed by atoms with Gasteiger partial charge in [-0.05, 0) is 42.8 Å². The Kier molecular flexibility index (Phi) is 4.84. The van der Waals surface area contributed by atoms with Gasteiger partial charge < -0.3 is 19.3 Å². The molecular weight excluding hydrogens is 463 g/mol. The Morgan fingerprint density at radius 3 is 2.50 bits per heavy atom. The molecule has 7 nitrogen and oxygen atoms in total. The van der Waals surface area contributed by atoms with Crippen LogP contribution in [0.5, 0.6) is 0 Å². The highest BCUT2D eigenvalue weighted by Gasteiger charge is 2.64. The van der Waals surface area contributed by atoms with Crippen molar-refractivity contribution < 1.29 is 23.5 Å². The van der Waals surface area contributed by atoms with Gasteiger partial charge in [0.25, 0.3) is 11.8 Å². The zero-order valence-corrected chi connectivity index (χ0v) is 19.3. The van der Waals surface area contributed by atoms with Crippen molar-refractivity contribution in [3.63, 3.8) is 0 Å². The second kappa shape index (κ2) is 7.86. The zero-order chi connectivity index (χ0) is 25.2. The Morgan fingerprint density at radius 2 is 1.75 bits per heavy atom. The third-order valence-electron chi connectivity index (χ3n) is 6.97. The SMILES string of the molecule is Cc1ccc2oc3c(c(=O)c2c1)C1(C(=O)N(Cc2ccc(F)cc2)c2ccccc21)N(CCO)C3=O. The fraction of sp³-hybridized carbons (Fsp3) is 0.179. The van der Waals surface area contributed by atoms with E-state index < -0.39 is 35.2 Å². The highest BCUT2D eigenvalue weighted by molar-refractivity contribution is 6.17. The molecule has 1 atom stereocenters. The summed E-state index contributed by atoms with van der Waals surface area (Å²) in [5.74, 6) is -1.73. The summed E-state index contributed by atoms with van der Waals surface area (Å²) in [6.45, 7) is 1.35. The van der Waals surface area contributed by atoms with Gasteiger partial charge in [-0.25, -0.2) is 4.39 Å². The van der Waals surface area contributed by atoms with E-state index in [-0.39, 0.29) is 35.4 Å². The summed E-state index contributed by atoms with van der Waals surface area (Å²) in [5.41, 5.74) is 0.447. The van der Waals surface area contributed by atoms with Crippen molar-refractivity contribution in [1.29, 1.82) is 0 Å². The van der Waals surface area contributed by atoms with Crippen LogP contribution >= 0.6 is 0 Å². The molecule has 1 unspecified atom stereocenters. The lowest BCUT2D eigenvalue weighted by Gasteiger charge is -2.33. The standard InChI is InChI=1S/C28H21FN2O5/c1-16-6-11-22-19(14-16)24(33)23-25(36-22)26(34)31(12-13-32)28(23)20-4-2-3-5-21(20)30(27(28)35)15-17-7-9-18(29)10-8-17/h2-11,14,32H,12-13,15H2,1H3. The number of hydrogen-bond donors (Lipinski definition) is 1. The summed E-state index contributed by atoms with van der Waals surface area (Å²) in [4.78, 5) is 44.7. The maximum absolute atomic E-state index is 14.4. The second-order valence-corrected chi connectivity index (χ2v) is 9.06. The van der Waals surface area contributed by atoms with Gasteiger partial charge in [-0.15, -0.1) is 0 Å². The Labute approximate surface area is 205 Å². The molecule has 3 heterocycles. The monoisotopic (exact) mass is 484 g/mol. The van der Waals surface area contributed by atoms with Crippen LogP contribution in [0.15, 0.2) is 75.9 Å². The number of anilines is 1. The summed E-state index contributed by atoms with van der Waals surface area (Å²) in [6, 6.07) is 17.8. The largest absolute Gasteiger partial charge is 0.450 e. The number of hydrogen-bond acceptors (Lipinski definition) is 5. The normalized spacial score (nSPS) is 18.4. The molecular formula is C28H21FN2O5. The van der Waals surface area contributed by atoms with Crippen LogP contribution in [0.1, 0.15) is 32.8 Å². The van der Waals surface area contributed by atoms with E-state index in [1.54, 1.807) is 54.6 Å². The maximum atomic E-state index is 14.4. The predicted molar refractivity (Wildman–Crippen MR) is 130 cm³/mol. The van der Waals surface area contributed by atoms with Crippen LogP contribution in [0.2, 0.25) is 0 Å². The fourth-order valence-corrected chi connectivity index (χ4v) is 5.43. The van der Waals surface area contributed by atoms with Crippen LogP contribution in [0.25, 0.3) is 11.0 Å². The number of halogens is 1. The Bertz CT molecular complexity index is 1630. The summed E-state index contributed by atoms with van der Waals surface area (Å²) in [5, 5.41) is 10.1. The van der Waals surface area contributed by atoms with Crippen LogP contribution in [0.3, 0.4) is 0 Å². The van der Waals surface area contributed by atoms with E-state index in [1.807, 2.05) is 6.92 Å². The van der Waals surface area contributed by atoms with E-state index in [2.05, 4.69) is 0 Å². The Morgan fingerprint density at radius 1 is 1.00 bits per heavy atom. The quantitative estimate of drug-likeness (QED) is 0.479. The van der Waals surface area contributed by atoms with Gasteiger partial charge in [0.05, 0.1) is 29.8 Å². The average Bonchev–Trinajstić information content (AvgIpc) is 3.26. The molecule has 8 heteroatoms. The number of para-hydroxylation sites is 1. The molecule has 2 amide bonds. The molecule has 0 saturated carbocycles. The Balaban J connectivity index is 1.65. The van der Waals surface area contributed by atoms with E-state index in [1.165, 1.54) is 21.9 Å². The number of aryl methyl sites for hydroxylation is 1. The molecule has 180 valence electrons. The van der Waals surface area contributed by atoms with Crippen molar-refractivity contribution >= 4 is 28.5 Å². The second-order valence-electron chi connectivity index (χ2n) is 9.06. The highest BCUT2D eigenvalue weighted by Crippen LogP contribution is 2.52. The average molecular weight is 484 g/mol. The lowest BCUT2D eigenvalue weighted by molar-refractivity contribution is -0.126. The van der Waals surface area contributed by atoms with E-state index in [0.717, 1.165) is 5.56 Å². The van der Waals surface area contributed by atoms with Gasteiger partial charge in [0, 0.05) is 12.1 Å². The number of carbonyl (C=O) groups is 2. The van der Waals surface area contributed by atoms with Crippen LogP contribution in [-0.2, 0) is 16.9 Å². The van der Waals surface area contributed by atoms with Crippen LogP contribution in [0, 0.1) is 12.7 Å². The van der Waals surface area contributed by atoms with E-state index in [0.29, 0.717) is 16.8 Å². The van der Waals surface area contributed by atoms with Crippen LogP contribution < -0.4 is 10.3 Å². The lowest BCUT2D eigenvalue weighted by atomic mass is 9.84. The van der Waals surface area contributed by atoms with Gasteiger partial charge in [0.15, 0.2) is 11.0 Å². The van der Waals surface area contributed by atoms with E-state index in [9.17, 15) is 23.9 Å². The maximum Gasteiger partial charge on any atom is 0.291 e. The molecule has 1 N–H and O–H groups in total. The molecule has 2 aliphatic rings. The number of aliphatic hydroxyl groups is 1. The summed E-state index contributed by atoms with van der Waals surface area (Å²) >= 11 is 0. The summed E-state index contributed by atoms with van der Waals surface area (Å²) in [7, 11) is 0. The molecule has 0 saturated heterocycles. The van der Waals surface area contributed by atoms with Crippen molar-refractivity contribution in [2.24, 2.45) is 0 Å². The smallest absolute Gasteiger partial charge is 0.291 e. The van der Waals surface area contributed by atoms with Gasteiger partial charge in [-0.1, -0.05) is 42.0 Å². The molecule has 6 rings (SSSR count). The van der Waals surface area contributed by atoms with Crippen molar-refractivity contribution in [3.8, 4) is 0 Å². The van der Waals surface area contributed by atoms with Gasteiger partial charge in [-0.3, -0.25) is 14.4 Å². The minimum Gasteiger partial charge on any atom is -0.450 e. The van der Waals surface area contributed by atoms with Gasteiger partial charge in [-0.2, -0.15) is 0 Å². The molecule has 2 aliphatic heterocycles. The summed E-state index contributed by atoms with van der Waals surface area (Å²) < 4.78 is 19.5. The van der Waals surface area contributed by atoms with Crippen molar-refractivity contribution in [2.45, 2.75) is 19.0 Å². The number of rotatable bonds is 4. The molecule has 36 heavy (non-hydrogen) atoms. The van der Waals surface area contributed by atoms with Crippen molar-refractivity contribution in [3.05, 3.63) is 111 Å². The Hall–Kier alpha value is -4.30. The van der Waals surface area contributed by atoms with Gasteiger partial charge in [0.2, 0.25) is 5.76 Å². The van der Waals surface area contributed by atoms with Crippen LogP contribution in [-0.4, -0.2) is 35.0 Å². The number of benzene rings is 3. The molecule has 0 radical (unpaired) electrons. The van der Waals surface area contributed by atoms with Gasteiger partial charge >= 0.3 is 0 Å². The number of aliphatic hydroxyl groups excluding tert-OH is 1. The number of carbonyl (C=O) groups excluding carboxylic acids is 2. The third kappa shape index (κ3) is 2.85. The number of nitrogens with zero attached hydrogens (tertiary/aromatic N) is 2. The first-order chi connectivity index (χ1) is 17.4. The fourth-order valence-electron chi connectivity index (χ4n) is 5.43. The zero-order valence-electron chi connectivity index (χ0n) is 19.3. The van der Waals surface area contributed by atoms with Crippen molar-refractivity contribution in [1.82, 2.24) is 4.90 Å². The number of β-amino-alcohol motifs (C(OH)–C–C–N with tert-alkyl or cyclic N) is 1. The van der Waals surface area contributed by atoms with Crippen molar-refractivity contribution in [2.75, 3.05) is 18.1 Å². The molecule has 0 fully saturated rings. The minimum atomic E-state index is -1.79. The number of amides is 2. The molecule has 1 spiro atoms.